The SMILES string of the molecule is O=C1OC2(CC3CC2CC3C(=O)OCCC(F)C(F)(F)S(=O)(=O)[O-])Oc2c(I)c(I)c(I)c(I)c21. The third kappa shape index (κ3) is 4.90. The number of fused-ring (bicyclic) bond motifs is 4. The highest BCUT2D eigenvalue weighted by molar-refractivity contribution is 14.1. The summed E-state index contributed by atoms with van der Waals surface area (Å²) in [5.74, 6) is -3.24. The van der Waals surface area contributed by atoms with E-state index >= 15 is 0 Å². The van der Waals surface area contributed by atoms with Crippen LogP contribution in [0.3, 0.4) is 0 Å². The molecule has 194 valence electrons. The molecule has 0 amide bonds. The van der Waals surface area contributed by atoms with Gasteiger partial charge in [0.2, 0.25) is 0 Å². The second-order valence-electron chi connectivity index (χ2n) is 8.44. The summed E-state index contributed by atoms with van der Waals surface area (Å²) in [6.45, 7) is -0.809. The standard InChI is InChI=1S/C19H15F3I4O8S/c20-9(19(21,22)35(29,30)31)1-2-32-16(27)8-4-7-3-6(8)5-18(7)33-15-10(17(28)34-18)11(23)12(24)13(25)14(15)26/h6-9H,1-5H2,(H,29,30,31)/p-1. The fourth-order valence-electron chi connectivity index (χ4n) is 4.77. The van der Waals surface area contributed by atoms with E-state index in [-0.39, 0.29) is 24.7 Å². The highest BCUT2D eigenvalue weighted by atomic mass is 127. The molecule has 0 N–H and O–H groups in total. The molecule has 1 aliphatic heterocycles. The molecule has 1 aromatic rings. The van der Waals surface area contributed by atoms with E-state index in [1.807, 2.05) is 0 Å². The minimum absolute atomic E-state index is 0.232. The average Bonchev–Trinajstić information content (AvgIpc) is 3.32. The van der Waals surface area contributed by atoms with E-state index in [0.717, 1.165) is 14.3 Å². The second kappa shape index (κ2) is 9.96. The van der Waals surface area contributed by atoms with E-state index < -0.39 is 58.2 Å². The molecule has 1 spiro atoms. The molecular weight excluding hydrogens is 953 g/mol. The van der Waals surface area contributed by atoms with E-state index in [1.165, 1.54) is 0 Å². The molecule has 2 aliphatic carbocycles. The summed E-state index contributed by atoms with van der Waals surface area (Å²) >= 11 is 8.54. The molecular formula is C19H14F3I4O8S-. The lowest BCUT2D eigenvalue weighted by Crippen LogP contribution is -2.51. The number of rotatable bonds is 6. The van der Waals surface area contributed by atoms with Crippen LogP contribution in [-0.2, 0) is 24.4 Å². The summed E-state index contributed by atoms with van der Waals surface area (Å²) in [7, 11) is -6.18. The molecule has 0 radical (unpaired) electrons. The number of ether oxygens (including phenoxy) is 3. The van der Waals surface area contributed by atoms with Crippen LogP contribution in [0, 0.1) is 32.0 Å². The Morgan fingerprint density at radius 1 is 1.14 bits per heavy atom. The van der Waals surface area contributed by atoms with Gasteiger partial charge in [0.25, 0.3) is 5.79 Å². The summed E-state index contributed by atoms with van der Waals surface area (Å²) in [5, 5.41) is -5.11. The van der Waals surface area contributed by atoms with Crippen molar-refractivity contribution in [2.75, 3.05) is 6.61 Å². The summed E-state index contributed by atoms with van der Waals surface area (Å²) in [6, 6.07) is 0. The molecule has 4 rings (SSSR count). The highest BCUT2D eigenvalue weighted by Crippen LogP contribution is 2.58. The van der Waals surface area contributed by atoms with Crippen LogP contribution in [0.25, 0.3) is 0 Å². The Morgan fingerprint density at radius 3 is 2.34 bits per heavy atom. The summed E-state index contributed by atoms with van der Waals surface area (Å²) in [4.78, 5) is 25.5. The van der Waals surface area contributed by atoms with Crippen LogP contribution in [0.1, 0.15) is 36.0 Å². The van der Waals surface area contributed by atoms with Crippen molar-refractivity contribution in [2.45, 2.75) is 42.9 Å². The maximum absolute atomic E-state index is 13.6. The first-order valence-corrected chi connectivity index (χ1v) is 15.7. The van der Waals surface area contributed by atoms with Crippen molar-refractivity contribution < 1.29 is 49.9 Å². The predicted octanol–water partition coefficient (Wildman–Crippen LogP) is 4.81. The number of halogens is 7. The molecule has 5 unspecified atom stereocenters. The van der Waals surface area contributed by atoms with E-state index in [9.17, 15) is 35.7 Å². The number of carbonyl (C=O) groups is 2. The Bertz CT molecular complexity index is 1210. The number of hydrogen-bond acceptors (Lipinski definition) is 8. The molecule has 0 saturated heterocycles. The third-order valence-corrected chi connectivity index (χ3v) is 14.7. The van der Waals surface area contributed by atoms with Gasteiger partial charge in [-0.3, -0.25) is 4.79 Å². The zero-order valence-electron chi connectivity index (χ0n) is 17.2. The van der Waals surface area contributed by atoms with Crippen molar-refractivity contribution in [1.29, 1.82) is 0 Å². The van der Waals surface area contributed by atoms with Gasteiger partial charge in [-0.25, -0.2) is 17.6 Å². The van der Waals surface area contributed by atoms with E-state index in [2.05, 4.69) is 90.4 Å². The molecule has 35 heavy (non-hydrogen) atoms. The maximum Gasteiger partial charge on any atom is 0.364 e. The molecule has 5 atom stereocenters. The largest absolute Gasteiger partial charge is 0.743 e. The summed E-state index contributed by atoms with van der Waals surface area (Å²) in [6.07, 6.45) is -3.44. The molecule has 16 heteroatoms. The third-order valence-electron chi connectivity index (χ3n) is 6.45. The van der Waals surface area contributed by atoms with Gasteiger partial charge in [0.05, 0.1) is 16.1 Å². The van der Waals surface area contributed by atoms with Crippen LogP contribution >= 0.6 is 90.4 Å². The second-order valence-corrected chi connectivity index (χ2v) is 14.2. The predicted molar refractivity (Wildman–Crippen MR) is 146 cm³/mol. The number of hydrogen-bond donors (Lipinski definition) is 0. The van der Waals surface area contributed by atoms with Gasteiger partial charge in [0.15, 0.2) is 22.0 Å². The highest BCUT2D eigenvalue weighted by Gasteiger charge is 2.63. The van der Waals surface area contributed by atoms with E-state index in [1.54, 1.807) is 0 Å². The Kier molecular flexibility index (Phi) is 8.13. The normalized spacial score (nSPS) is 28.5. The number of alkyl halides is 3. The summed E-state index contributed by atoms with van der Waals surface area (Å²) in [5.41, 5.74) is 0.363. The average molecular weight is 967 g/mol. The van der Waals surface area contributed by atoms with Crippen LogP contribution in [0.15, 0.2) is 0 Å². The molecule has 3 aliphatic rings. The zero-order chi connectivity index (χ0) is 26.1. The first-order chi connectivity index (χ1) is 16.1. The van der Waals surface area contributed by atoms with Gasteiger partial charge in [-0.2, -0.15) is 8.78 Å². The number of benzene rings is 1. The van der Waals surface area contributed by atoms with Gasteiger partial charge >= 0.3 is 17.2 Å². The van der Waals surface area contributed by atoms with Gasteiger partial charge in [0, 0.05) is 29.5 Å². The molecule has 2 saturated carbocycles. The van der Waals surface area contributed by atoms with Gasteiger partial charge in [0.1, 0.15) is 5.56 Å². The van der Waals surface area contributed by atoms with Crippen molar-refractivity contribution in [3.05, 3.63) is 19.8 Å². The van der Waals surface area contributed by atoms with Crippen LogP contribution in [-0.4, -0.2) is 48.7 Å². The van der Waals surface area contributed by atoms with E-state index in [4.69, 9.17) is 14.2 Å². The molecule has 1 aromatic carbocycles. The van der Waals surface area contributed by atoms with Crippen LogP contribution in [0.2, 0.25) is 0 Å². The maximum atomic E-state index is 13.6. The van der Waals surface area contributed by atoms with Gasteiger partial charge in [-0.05, 0) is 109 Å². The van der Waals surface area contributed by atoms with Gasteiger partial charge in [-0.1, -0.05) is 0 Å². The topological polar surface area (TPSA) is 119 Å². The Balaban J connectivity index is 1.42. The monoisotopic (exact) mass is 967 g/mol. The Morgan fingerprint density at radius 2 is 1.77 bits per heavy atom. The van der Waals surface area contributed by atoms with Crippen molar-refractivity contribution in [2.24, 2.45) is 17.8 Å². The number of esters is 2. The molecule has 2 bridgehead atoms. The molecule has 1 heterocycles. The fraction of sp³-hybridized carbons (Fsp3) is 0.579. The number of carbonyl (C=O) groups excluding carboxylic acids is 2. The minimum atomic E-state index is -6.18. The smallest absolute Gasteiger partial charge is 0.364 e. The Labute approximate surface area is 252 Å². The van der Waals surface area contributed by atoms with Crippen LogP contribution < -0.4 is 4.74 Å². The van der Waals surface area contributed by atoms with Gasteiger partial charge in [-0.15, -0.1) is 0 Å². The molecule has 2 fully saturated rings. The van der Waals surface area contributed by atoms with Crippen LogP contribution in [0.4, 0.5) is 13.2 Å². The summed E-state index contributed by atoms with van der Waals surface area (Å²) < 4.78 is 92.0. The lowest BCUT2D eigenvalue weighted by atomic mass is 9.84. The molecule has 0 aromatic heterocycles. The van der Waals surface area contributed by atoms with Crippen molar-refractivity contribution in [3.63, 3.8) is 0 Å². The van der Waals surface area contributed by atoms with Crippen molar-refractivity contribution >= 4 is 112 Å². The lowest BCUT2D eigenvalue weighted by Gasteiger charge is -2.42. The van der Waals surface area contributed by atoms with E-state index in [0.29, 0.717) is 17.7 Å². The first-order valence-electron chi connectivity index (χ1n) is 10.0. The van der Waals surface area contributed by atoms with Crippen molar-refractivity contribution in [1.82, 2.24) is 0 Å². The van der Waals surface area contributed by atoms with Crippen molar-refractivity contribution in [3.8, 4) is 5.75 Å². The van der Waals surface area contributed by atoms with Crippen LogP contribution in [0.5, 0.6) is 5.75 Å². The quantitative estimate of drug-likeness (QED) is 0.131. The lowest BCUT2D eigenvalue weighted by molar-refractivity contribution is -0.193. The minimum Gasteiger partial charge on any atom is -0.743 e. The fourth-order valence-corrected chi connectivity index (χ4v) is 8.67. The van der Waals surface area contributed by atoms with Gasteiger partial charge < -0.3 is 18.8 Å². The Hall–Kier alpha value is 0.580. The first kappa shape index (κ1) is 28.6. The zero-order valence-corrected chi connectivity index (χ0v) is 26.6. The molecule has 8 nitrogen and oxygen atoms in total.